The first-order chi connectivity index (χ1) is 18.7. The Hall–Kier alpha value is -3.07. The first-order valence-electron chi connectivity index (χ1n) is 13.7. The number of unbranched alkanes of at least 4 members (excludes halogenated alkanes) is 8. The molecule has 2 atom stereocenters. The van der Waals surface area contributed by atoms with Crippen LogP contribution >= 0.6 is 11.8 Å². The van der Waals surface area contributed by atoms with Crippen molar-refractivity contribution in [3.63, 3.8) is 0 Å². The summed E-state index contributed by atoms with van der Waals surface area (Å²) in [6.07, 6.45) is 13.8. The van der Waals surface area contributed by atoms with E-state index in [1.165, 1.54) is 11.8 Å². The lowest BCUT2D eigenvalue weighted by Crippen LogP contribution is -2.32. The molecular formula is C30H42O8S. The molecule has 0 heterocycles. The molecule has 0 aliphatic heterocycles. The summed E-state index contributed by atoms with van der Waals surface area (Å²) in [6, 6.07) is 9.15. The maximum atomic E-state index is 12.8. The SMILES string of the molecule is CCCCCCCC(OC(=O)/C=C\C(=O)O)SC(CCCCCCC)(OC(=O)/C=C\C(=O)O)c1ccccc1. The quantitative estimate of drug-likeness (QED) is 0.0705. The number of hydrogen-bond donors (Lipinski definition) is 2. The molecule has 2 unspecified atom stereocenters. The third-order valence-electron chi connectivity index (χ3n) is 5.93. The van der Waals surface area contributed by atoms with E-state index in [0.29, 0.717) is 18.4 Å². The minimum atomic E-state index is -1.27. The molecule has 1 rings (SSSR count). The number of thioether (sulfide) groups is 1. The summed E-state index contributed by atoms with van der Waals surface area (Å²) in [4.78, 5) is 45.9. The van der Waals surface area contributed by atoms with Gasteiger partial charge in [0.05, 0.1) is 0 Å². The lowest BCUT2D eigenvalue weighted by atomic mass is 10.0. The molecule has 0 saturated carbocycles. The zero-order valence-electron chi connectivity index (χ0n) is 23.0. The number of esters is 2. The summed E-state index contributed by atoms with van der Waals surface area (Å²) in [5.74, 6) is -4.15. The van der Waals surface area contributed by atoms with Crippen LogP contribution in [0.5, 0.6) is 0 Å². The topological polar surface area (TPSA) is 127 Å². The molecule has 39 heavy (non-hydrogen) atoms. The van der Waals surface area contributed by atoms with Gasteiger partial charge in [0.15, 0.2) is 10.4 Å². The molecule has 0 aromatic heterocycles. The smallest absolute Gasteiger partial charge is 0.332 e. The highest BCUT2D eigenvalue weighted by molar-refractivity contribution is 8.00. The van der Waals surface area contributed by atoms with Crippen LogP contribution in [-0.4, -0.2) is 39.5 Å². The molecule has 0 spiro atoms. The molecule has 0 bridgehead atoms. The van der Waals surface area contributed by atoms with E-state index in [2.05, 4.69) is 13.8 Å². The van der Waals surface area contributed by atoms with Crippen LogP contribution in [0, 0.1) is 0 Å². The first-order valence-corrected chi connectivity index (χ1v) is 14.6. The maximum absolute atomic E-state index is 12.8. The van der Waals surface area contributed by atoms with E-state index in [4.69, 9.17) is 19.7 Å². The van der Waals surface area contributed by atoms with Crippen LogP contribution in [0.2, 0.25) is 0 Å². The average Bonchev–Trinajstić information content (AvgIpc) is 2.90. The van der Waals surface area contributed by atoms with E-state index in [1.54, 1.807) is 0 Å². The predicted molar refractivity (Wildman–Crippen MR) is 152 cm³/mol. The van der Waals surface area contributed by atoms with Crippen molar-refractivity contribution >= 4 is 35.6 Å². The van der Waals surface area contributed by atoms with Gasteiger partial charge in [0.25, 0.3) is 0 Å². The summed E-state index contributed by atoms with van der Waals surface area (Å²) in [5.41, 5.74) is -0.0413. The highest BCUT2D eigenvalue weighted by atomic mass is 32.2. The average molecular weight is 563 g/mol. The summed E-state index contributed by atoms with van der Waals surface area (Å²) in [7, 11) is 0. The second kappa shape index (κ2) is 19.9. The number of ether oxygens (including phenoxy) is 2. The molecular weight excluding hydrogens is 520 g/mol. The number of aliphatic carboxylic acids is 2. The molecule has 0 amide bonds. The number of carboxylic acids is 2. The number of carboxylic acid groups (broad SMARTS) is 2. The predicted octanol–water partition coefficient (Wildman–Crippen LogP) is 6.99. The fourth-order valence-electron chi connectivity index (χ4n) is 3.97. The standard InChI is InChI=1S/C30H42O8S/c1-3-5-7-9-14-18-29(37-27(35)21-19-25(31)32)39-30(23-15-10-8-6-4-2,24-16-12-11-13-17-24)38-28(36)22-20-26(33)34/h11-13,16-17,19-22,29H,3-10,14-15,18,23H2,1-2H3,(H,31,32)(H,33,34)/b21-19-,22-20-. The summed E-state index contributed by atoms with van der Waals surface area (Å²) < 4.78 is 11.7. The second-order valence-electron chi connectivity index (χ2n) is 9.23. The van der Waals surface area contributed by atoms with Gasteiger partial charge in [-0.25, -0.2) is 19.2 Å². The van der Waals surface area contributed by atoms with E-state index in [0.717, 1.165) is 88.5 Å². The van der Waals surface area contributed by atoms with Crippen LogP contribution in [0.25, 0.3) is 0 Å². The van der Waals surface area contributed by atoms with Gasteiger partial charge in [-0.15, -0.1) is 0 Å². The normalized spacial score (nSPS) is 13.7. The molecule has 9 heteroatoms. The van der Waals surface area contributed by atoms with Gasteiger partial charge >= 0.3 is 23.9 Å². The molecule has 2 N–H and O–H groups in total. The largest absolute Gasteiger partial charge is 0.478 e. The van der Waals surface area contributed by atoms with Crippen molar-refractivity contribution < 1.29 is 38.9 Å². The minimum absolute atomic E-state index is 0.424. The van der Waals surface area contributed by atoms with Gasteiger partial charge in [0, 0.05) is 36.3 Å². The molecule has 1 aromatic rings. The molecule has 0 fully saturated rings. The van der Waals surface area contributed by atoms with Crippen LogP contribution in [0.3, 0.4) is 0 Å². The highest BCUT2D eigenvalue weighted by Gasteiger charge is 2.40. The zero-order chi connectivity index (χ0) is 28.9. The van der Waals surface area contributed by atoms with Crippen LogP contribution < -0.4 is 0 Å². The van der Waals surface area contributed by atoms with Crippen molar-refractivity contribution in [1.82, 2.24) is 0 Å². The fraction of sp³-hybridized carbons (Fsp3) is 0.533. The summed E-state index contributed by atoms with van der Waals surface area (Å²) >= 11 is 1.19. The second-order valence-corrected chi connectivity index (χ2v) is 10.7. The fourth-order valence-corrected chi connectivity index (χ4v) is 5.49. The molecule has 0 radical (unpaired) electrons. The third-order valence-corrected chi connectivity index (χ3v) is 7.42. The van der Waals surface area contributed by atoms with Gasteiger partial charge in [-0.2, -0.15) is 0 Å². The monoisotopic (exact) mass is 562 g/mol. The molecule has 1 aromatic carbocycles. The Bertz CT molecular complexity index is 944. The van der Waals surface area contributed by atoms with E-state index in [9.17, 15) is 19.2 Å². The van der Waals surface area contributed by atoms with Gasteiger partial charge in [0.2, 0.25) is 0 Å². The van der Waals surface area contributed by atoms with Crippen molar-refractivity contribution in [2.75, 3.05) is 0 Å². The van der Waals surface area contributed by atoms with Gasteiger partial charge < -0.3 is 19.7 Å². The first kappa shape index (κ1) is 34.0. The molecule has 0 aliphatic carbocycles. The number of hydrogen-bond acceptors (Lipinski definition) is 7. The Kier molecular flexibility index (Phi) is 17.3. The van der Waals surface area contributed by atoms with Gasteiger partial charge in [-0.1, -0.05) is 107 Å². The number of rotatable bonds is 21. The van der Waals surface area contributed by atoms with Crippen LogP contribution in [0.4, 0.5) is 0 Å². The van der Waals surface area contributed by atoms with E-state index < -0.39 is 34.2 Å². The van der Waals surface area contributed by atoms with Crippen molar-refractivity contribution in [3.8, 4) is 0 Å². The van der Waals surface area contributed by atoms with Crippen molar-refractivity contribution in [1.29, 1.82) is 0 Å². The maximum Gasteiger partial charge on any atom is 0.332 e. The zero-order valence-corrected chi connectivity index (χ0v) is 23.8. The van der Waals surface area contributed by atoms with Crippen molar-refractivity contribution in [2.24, 2.45) is 0 Å². The van der Waals surface area contributed by atoms with Crippen LogP contribution in [0.1, 0.15) is 96.5 Å². The lowest BCUT2D eigenvalue weighted by molar-refractivity contribution is -0.147. The van der Waals surface area contributed by atoms with Crippen LogP contribution in [0.15, 0.2) is 54.6 Å². The molecule has 0 saturated heterocycles. The van der Waals surface area contributed by atoms with E-state index in [1.807, 2.05) is 30.3 Å². The number of carbonyl (C=O) groups excluding carboxylic acids is 2. The number of benzene rings is 1. The Morgan fingerprint density at radius 3 is 1.87 bits per heavy atom. The third kappa shape index (κ3) is 15.2. The minimum Gasteiger partial charge on any atom is -0.478 e. The molecule has 216 valence electrons. The van der Waals surface area contributed by atoms with Gasteiger partial charge in [-0.3, -0.25) is 0 Å². The van der Waals surface area contributed by atoms with E-state index >= 15 is 0 Å². The lowest BCUT2D eigenvalue weighted by Gasteiger charge is -2.36. The van der Waals surface area contributed by atoms with Crippen LogP contribution in [-0.2, 0) is 33.6 Å². The number of carbonyl (C=O) groups is 4. The van der Waals surface area contributed by atoms with Crippen molar-refractivity contribution in [3.05, 3.63) is 60.2 Å². The van der Waals surface area contributed by atoms with E-state index in [-0.39, 0.29) is 0 Å². The Labute approximate surface area is 235 Å². The Morgan fingerprint density at radius 2 is 1.31 bits per heavy atom. The highest BCUT2D eigenvalue weighted by Crippen LogP contribution is 2.46. The summed E-state index contributed by atoms with van der Waals surface area (Å²) in [5, 5.41) is 17.9. The Balaban J connectivity index is 3.36. The van der Waals surface area contributed by atoms with Gasteiger partial charge in [0.1, 0.15) is 0 Å². The molecule has 0 aliphatic rings. The van der Waals surface area contributed by atoms with Gasteiger partial charge in [-0.05, 0) is 19.3 Å². The Morgan fingerprint density at radius 1 is 0.769 bits per heavy atom. The van der Waals surface area contributed by atoms with Crippen molar-refractivity contribution in [2.45, 2.75) is 101 Å². The summed E-state index contributed by atoms with van der Waals surface area (Å²) in [6.45, 7) is 4.25. The molecule has 8 nitrogen and oxygen atoms in total.